The molecular formula is C17H25ClO. The van der Waals surface area contributed by atoms with Gasteiger partial charge in [0.1, 0.15) is 0 Å². The lowest BCUT2D eigenvalue weighted by Gasteiger charge is -2.12. The van der Waals surface area contributed by atoms with Gasteiger partial charge in [-0.2, -0.15) is 0 Å². The second-order valence-corrected chi connectivity index (χ2v) is 5.51. The molecule has 0 fully saturated rings. The zero-order valence-corrected chi connectivity index (χ0v) is 12.8. The SMILES string of the molecule is C/C(=C\CCl)CCCC(C)COCc1ccccc1. The zero-order valence-electron chi connectivity index (χ0n) is 12.1. The first-order chi connectivity index (χ1) is 9.22. The normalized spacial score (nSPS) is 13.5. The van der Waals surface area contributed by atoms with E-state index in [9.17, 15) is 0 Å². The minimum absolute atomic E-state index is 0.618. The molecule has 0 heterocycles. The van der Waals surface area contributed by atoms with Crippen LogP contribution >= 0.6 is 11.6 Å². The Morgan fingerprint density at radius 1 is 1.32 bits per heavy atom. The van der Waals surface area contributed by atoms with Gasteiger partial charge in [-0.3, -0.25) is 0 Å². The van der Waals surface area contributed by atoms with E-state index in [0.717, 1.165) is 19.6 Å². The smallest absolute Gasteiger partial charge is 0.0717 e. The summed E-state index contributed by atoms with van der Waals surface area (Å²) in [4.78, 5) is 0. The minimum atomic E-state index is 0.618. The summed E-state index contributed by atoms with van der Waals surface area (Å²) in [6, 6.07) is 10.3. The minimum Gasteiger partial charge on any atom is -0.376 e. The molecule has 0 aliphatic rings. The van der Waals surface area contributed by atoms with Crippen LogP contribution in [-0.4, -0.2) is 12.5 Å². The van der Waals surface area contributed by atoms with Crippen molar-refractivity contribution in [2.24, 2.45) is 5.92 Å². The maximum Gasteiger partial charge on any atom is 0.0717 e. The molecule has 0 saturated heterocycles. The van der Waals surface area contributed by atoms with Crippen LogP contribution in [0.1, 0.15) is 38.7 Å². The average Bonchev–Trinajstić information content (AvgIpc) is 2.40. The standard InChI is InChI=1S/C17H25ClO/c1-15(11-12-18)7-6-8-16(2)13-19-14-17-9-4-3-5-10-17/h3-5,9-11,16H,6-8,12-14H2,1-2H3/b15-11+. The highest BCUT2D eigenvalue weighted by atomic mass is 35.5. The van der Waals surface area contributed by atoms with E-state index in [1.807, 2.05) is 18.2 Å². The fraction of sp³-hybridized carbons (Fsp3) is 0.529. The van der Waals surface area contributed by atoms with Gasteiger partial charge >= 0.3 is 0 Å². The number of hydrogen-bond donors (Lipinski definition) is 0. The van der Waals surface area contributed by atoms with Crippen molar-refractivity contribution >= 4 is 11.6 Å². The highest BCUT2D eigenvalue weighted by Gasteiger charge is 2.03. The van der Waals surface area contributed by atoms with E-state index < -0.39 is 0 Å². The van der Waals surface area contributed by atoms with Crippen molar-refractivity contribution in [3.63, 3.8) is 0 Å². The van der Waals surface area contributed by atoms with E-state index in [-0.39, 0.29) is 0 Å². The molecule has 1 aromatic carbocycles. The third kappa shape index (κ3) is 8.07. The fourth-order valence-corrected chi connectivity index (χ4v) is 2.26. The lowest BCUT2D eigenvalue weighted by molar-refractivity contribution is 0.0890. The van der Waals surface area contributed by atoms with Crippen LogP contribution in [0.25, 0.3) is 0 Å². The number of alkyl halides is 1. The molecule has 0 aliphatic carbocycles. The molecule has 1 atom stereocenters. The van der Waals surface area contributed by atoms with E-state index in [1.165, 1.54) is 24.0 Å². The number of hydrogen-bond acceptors (Lipinski definition) is 1. The van der Waals surface area contributed by atoms with Gasteiger partial charge in [0.2, 0.25) is 0 Å². The Labute approximate surface area is 122 Å². The third-order valence-electron chi connectivity index (χ3n) is 3.21. The van der Waals surface area contributed by atoms with Crippen LogP contribution in [0.5, 0.6) is 0 Å². The maximum absolute atomic E-state index is 5.75. The van der Waals surface area contributed by atoms with Crippen LogP contribution in [0.3, 0.4) is 0 Å². The molecule has 1 unspecified atom stereocenters. The van der Waals surface area contributed by atoms with Gasteiger partial charge in [0.05, 0.1) is 6.61 Å². The van der Waals surface area contributed by atoms with Crippen LogP contribution in [0.15, 0.2) is 42.0 Å². The van der Waals surface area contributed by atoms with Crippen molar-refractivity contribution in [1.29, 1.82) is 0 Å². The number of rotatable bonds is 9. The Hall–Kier alpha value is -0.790. The van der Waals surface area contributed by atoms with E-state index in [1.54, 1.807) is 0 Å². The second kappa shape index (κ2) is 10.1. The van der Waals surface area contributed by atoms with E-state index in [0.29, 0.717) is 11.8 Å². The molecule has 2 heteroatoms. The fourth-order valence-electron chi connectivity index (χ4n) is 2.00. The first-order valence-corrected chi connectivity index (χ1v) is 7.59. The first kappa shape index (κ1) is 16.3. The molecule has 0 aliphatic heterocycles. The van der Waals surface area contributed by atoms with E-state index in [4.69, 9.17) is 16.3 Å². The summed E-state index contributed by atoms with van der Waals surface area (Å²) in [5.41, 5.74) is 2.64. The van der Waals surface area contributed by atoms with Gasteiger partial charge in [-0.1, -0.05) is 48.9 Å². The summed E-state index contributed by atoms with van der Waals surface area (Å²) < 4.78 is 5.75. The molecule has 0 amide bonds. The third-order valence-corrected chi connectivity index (χ3v) is 3.36. The number of halogens is 1. The largest absolute Gasteiger partial charge is 0.376 e. The van der Waals surface area contributed by atoms with Gasteiger partial charge < -0.3 is 4.74 Å². The molecule has 0 saturated carbocycles. The Morgan fingerprint density at radius 2 is 2.05 bits per heavy atom. The van der Waals surface area contributed by atoms with Crippen molar-refractivity contribution in [3.8, 4) is 0 Å². The Balaban J connectivity index is 2.08. The van der Waals surface area contributed by atoms with Gasteiger partial charge in [0.25, 0.3) is 0 Å². The van der Waals surface area contributed by atoms with Gasteiger partial charge in [0.15, 0.2) is 0 Å². The molecule has 1 aromatic rings. The molecule has 106 valence electrons. The average molecular weight is 281 g/mol. The summed E-state index contributed by atoms with van der Waals surface area (Å²) in [6.45, 7) is 5.97. The maximum atomic E-state index is 5.75. The van der Waals surface area contributed by atoms with Crippen LogP contribution in [-0.2, 0) is 11.3 Å². The molecule has 1 nitrogen and oxygen atoms in total. The van der Waals surface area contributed by atoms with Crippen LogP contribution in [0.4, 0.5) is 0 Å². The molecule has 0 aromatic heterocycles. The van der Waals surface area contributed by atoms with Crippen LogP contribution in [0.2, 0.25) is 0 Å². The highest BCUT2D eigenvalue weighted by molar-refractivity contribution is 6.18. The van der Waals surface area contributed by atoms with E-state index in [2.05, 4.69) is 32.1 Å². The molecule has 0 spiro atoms. The monoisotopic (exact) mass is 280 g/mol. The van der Waals surface area contributed by atoms with Gasteiger partial charge in [-0.05, 0) is 37.7 Å². The predicted molar refractivity (Wildman–Crippen MR) is 83.6 cm³/mol. The first-order valence-electron chi connectivity index (χ1n) is 7.05. The quantitative estimate of drug-likeness (QED) is 0.446. The topological polar surface area (TPSA) is 9.23 Å². The van der Waals surface area contributed by atoms with Crippen molar-refractivity contribution in [1.82, 2.24) is 0 Å². The van der Waals surface area contributed by atoms with Crippen molar-refractivity contribution in [3.05, 3.63) is 47.5 Å². The van der Waals surface area contributed by atoms with Gasteiger partial charge in [-0.15, -0.1) is 11.6 Å². The predicted octanol–water partition coefficient (Wildman–Crippen LogP) is 5.19. The molecule has 1 rings (SSSR count). The van der Waals surface area contributed by atoms with E-state index >= 15 is 0 Å². The summed E-state index contributed by atoms with van der Waals surface area (Å²) >= 11 is 5.67. The summed E-state index contributed by atoms with van der Waals surface area (Å²) in [6.07, 6.45) is 5.67. The number of allylic oxidation sites excluding steroid dienone is 2. The van der Waals surface area contributed by atoms with Gasteiger partial charge in [0, 0.05) is 12.5 Å². The van der Waals surface area contributed by atoms with Crippen molar-refractivity contribution < 1.29 is 4.74 Å². The van der Waals surface area contributed by atoms with Crippen LogP contribution in [0, 0.1) is 5.92 Å². The summed E-state index contributed by atoms with van der Waals surface area (Å²) in [5, 5.41) is 0. The van der Waals surface area contributed by atoms with Crippen molar-refractivity contribution in [2.45, 2.75) is 39.7 Å². The lowest BCUT2D eigenvalue weighted by atomic mass is 10.0. The molecule has 0 bridgehead atoms. The molecular weight excluding hydrogens is 256 g/mol. The molecule has 19 heavy (non-hydrogen) atoms. The number of ether oxygens (including phenoxy) is 1. The van der Waals surface area contributed by atoms with Gasteiger partial charge in [-0.25, -0.2) is 0 Å². The summed E-state index contributed by atoms with van der Waals surface area (Å²) in [5.74, 6) is 1.24. The Kier molecular flexibility index (Phi) is 8.61. The molecule has 0 N–H and O–H groups in total. The summed E-state index contributed by atoms with van der Waals surface area (Å²) in [7, 11) is 0. The Bertz CT molecular complexity index is 359. The van der Waals surface area contributed by atoms with Crippen molar-refractivity contribution in [2.75, 3.05) is 12.5 Å². The lowest BCUT2D eigenvalue weighted by Crippen LogP contribution is -2.06. The highest BCUT2D eigenvalue weighted by Crippen LogP contribution is 2.13. The number of benzene rings is 1. The van der Waals surface area contributed by atoms with Crippen LogP contribution < -0.4 is 0 Å². The second-order valence-electron chi connectivity index (χ2n) is 5.20. The Morgan fingerprint density at radius 3 is 2.74 bits per heavy atom. The molecule has 0 radical (unpaired) electrons. The zero-order chi connectivity index (χ0) is 13.9.